The highest BCUT2D eigenvalue weighted by Gasteiger charge is 2.26. The molecule has 3 amide bonds. The number of nitrogens with one attached hydrogen (secondary N) is 3. The van der Waals surface area contributed by atoms with Gasteiger partial charge in [0.1, 0.15) is 18.4 Å². The number of rotatable bonds is 12. The summed E-state index contributed by atoms with van der Waals surface area (Å²) < 4.78 is 5.67. The maximum absolute atomic E-state index is 12.9. The van der Waals surface area contributed by atoms with Gasteiger partial charge in [0.2, 0.25) is 11.8 Å². The molecule has 8 nitrogen and oxygen atoms in total. The third-order valence-corrected chi connectivity index (χ3v) is 4.98. The third kappa shape index (κ3) is 8.50. The first kappa shape index (κ1) is 25.7. The minimum Gasteiger partial charge on any atom is -0.374 e. The van der Waals surface area contributed by atoms with Crippen LogP contribution in [-0.2, 0) is 25.7 Å². The Morgan fingerprint density at radius 3 is 2.03 bits per heavy atom. The molecule has 176 valence electrons. The second-order valence-electron chi connectivity index (χ2n) is 8.04. The van der Waals surface area contributed by atoms with Gasteiger partial charge in [0, 0.05) is 5.56 Å². The lowest BCUT2D eigenvalue weighted by molar-refractivity contribution is -0.131. The molecule has 0 aliphatic heterocycles. The van der Waals surface area contributed by atoms with E-state index in [1.165, 1.54) is 6.92 Å². The van der Waals surface area contributed by atoms with Crippen LogP contribution in [0.1, 0.15) is 36.7 Å². The summed E-state index contributed by atoms with van der Waals surface area (Å²) in [5.74, 6) is -1.58. The predicted octanol–water partition coefficient (Wildman–Crippen LogP) is 1.85. The average molecular weight is 454 g/mol. The molecule has 8 heteroatoms. The maximum Gasteiger partial charge on any atom is 0.251 e. The van der Waals surface area contributed by atoms with Gasteiger partial charge in [0.15, 0.2) is 0 Å². The van der Waals surface area contributed by atoms with E-state index in [2.05, 4.69) is 16.0 Å². The molecule has 0 aromatic heterocycles. The molecule has 0 aliphatic carbocycles. The highest BCUT2D eigenvalue weighted by Crippen LogP contribution is 2.04. The van der Waals surface area contributed by atoms with Gasteiger partial charge < -0.3 is 25.5 Å². The second-order valence-corrected chi connectivity index (χ2v) is 8.04. The van der Waals surface area contributed by atoms with Crippen molar-refractivity contribution in [1.29, 1.82) is 0 Å². The lowest BCUT2D eigenvalue weighted by atomic mass is 10.1. The van der Waals surface area contributed by atoms with E-state index in [0.29, 0.717) is 11.8 Å². The number of hydrogen-bond donors (Lipinski definition) is 3. The maximum atomic E-state index is 12.9. The normalized spacial score (nSPS) is 13.5. The van der Waals surface area contributed by atoms with Crippen LogP contribution >= 0.6 is 0 Å². The molecule has 2 rings (SSSR count). The van der Waals surface area contributed by atoms with Gasteiger partial charge in [0.05, 0.1) is 19.3 Å². The zero-order valence-corrected chi connectivity index (χ0v) is 19.1. The Kier molecular flexibility index (Phi) is 10.2. The van der Waals surface area contributed by atoms with Crippen molar-refractivity contribution >= 4 is 24.0 Å². The van der Waals surface area contributed by atoms with Gasteiger partial charge in [-0.05, 0) is 30.5 Å². The van der Waals surface area contributed by atoms with Crippen molar-refractivity contribution in [3.8, 4) is 0 Å². The minimum atomic E-state index is -1.02. The molecule has 0 heterocycles. The number of carbonyl (C=O) groups is 4. The van der Waals surface area contributed by atoms with Crippen LogP contribution in [0.5, 0.6) is 0 Å². The Morgan fingerprint density at radius 2 is 1.45 bits per heavy atom. The van der Waals surface area contributed by atoms with Crippen molar-refractivity contribution in [3.05, 3.63) is 71.8 Å². The van der Waals surface area contributed by atoms with Crippen LogP contribution in [0, 0.1) is 5.92 Å². The summed E-state index contributed by atoms with van der Waals surface area (Å²) in [6.45, 7) is 5.30. The van der Waals surface area contributed by atoms with E-state index >= 15 is 0 Å². The highest BCUT2D eigenvalue weighted by atomic mass is 16.5. The molecule has 3 unspecified atom stereocenters. The first-order valence-electron chi connectivity index (χ1n) is 10.9. The minimum absolute atomic E-state index is 0.0846. The van der Waals surface area contributed by atoms with E-state index in [9.17, 15) is 19.2 Å². The van der Waals surface area contributed by atoms with Crippen LogP contribution in [0.2, 0.25) is 0 Å². The summed E-state index contributed by atoms with van der Waals surface area (Å²) >= 11 is 0. The first-order valence-corrected chi connectivity index (χ1v) is 10.9. The van der Waals surface area contributed by atoms with Crippen molar-refractivity contribution in [2.24, 2.45) is 5.92 Å². The molecule has 0 fully saturated rings. The highest BCUT2D eigenvalue weighted by molar-refractivity contribution is 5.98. The monoisotopic (exact) mass is 453 g/mol. The molecule has 3 atom stereocenters. The molecule has 0 spiro atoms. The smallest absolute Gasteiger partial charge is 0.251 e. The van der Waals surface area contributed by atoms with Crippen molar-refractivity contribution in [3.63, 3.8) is 0 Å². The number of amides is 3. The topological polar surface area (TPSA) is 114 Å². The fourth-order valence-corrected chi connectivity index (χ4v) is 2.91. The molecule has 2 aromatic rings. The molecule has 0 saturated carbocycles. The molecule has 0 bridgehead atoms. The van der Waals surface area contributed by atoms with Crippen LogP contribution in [0.25, 0.3) is 0 Å². The molecular formula is C25H31N3O5. The molecule has 0 saturated heterocycles. The Hall–Kier alpha value is -3.52. The Bertz CT molecular complexity index is 918. The fraction of sp³-hybridized carbons (Fsp3) is 0.360. The van der Waals surface area contributed by atoms with Crippen LogP contribution < -0.4 is 16.0 Å². The van der Waals surface area contributed by atoms with E-state index in [1.54, 1.807) is 30.3 Å². The summed E-state index contributed by atoms with van der Waals surface area (Å²) in [6.07, 6.45) is 0.664. The van der Waals surface area contributed by atoms with Crippen LogP contribution in [0.15, 0.2) is 60.7 Å². The average Bonchev–Trinajstić information content (AvgIpc) is 2.82. The van der Waals surface area contributed by atoms with Gasteiger partial charge in [-0.25, -0.2) is 0 Å². The Balaban J connectivity index is 2.03. The standard InChI is InChI=1S/C25H31N3O5/c1-17(2)21(14-29)27-23(30)18(3)26-25(32)22(16-33-15-19-10-6-4-7-11-19)28-24(31)20-12-8-5-9-13-20/h4-14,17-18,21-22H,15-16H2,1-3H3,(H,26,32)(H,27,30)(H,28,31). The molecule has 0 radical (unpaired) electrons. The molecule has 3 N–H and O–H groups in total. The van der Waals surface area contributed by atoms with Gasteiger partial charge >= 0.3 is 0 Å². The van der Waals surface area contributed by atoms with Crippen LogP contribution in [0.4, 0.5) is 0 Å². The number of ether oxygens (including phenoxy) is 1. The summed E-state index contributed by atoms with van der Waals surface area (Å²) in [5.41, 5.74) is 1.32. The van der Waals surface area contributed by atoms with E-state index in [0.717, 1.165) is 5.56 Å². The van der Waals surface area contributed by atoms with E-state index < -0.39 is 35.8 Å². The van der Waals surface area contributed by atoms with Gasteiger partial charge in [-0.15, -0.1) is 0 Å². The predicted molar refractivity (Wildman–Crippen MR) is 124 cm³/mol. The van der Waals surface area contributed by atoms with Crippen molar-refractivity contribution in [2.75, 3.05) is 6.61 Å². The van der Waals surface area contributed by atoms with Gasteiger partial charge in [-0.2, -0.15) is 0 Å². The van der Waals surface area contributed by atoms with Crippen LogP contribution in [-0.4, -0.2) is 48.7 Å². The van der Waals surface area contributed by atoms with Gasteiger partial charge in [0.25, 0.3) is 5.91 Å². The summed E-state index contributed by atoms with van der Waals surface area (Å²) in [4.78, 5) is 49.1. The van der Waals surface area contributed by atoms with E-state index in [-0.39, 0.29) is 19.1 Å². The summed E-state index contributed by atoms with van der Waals surface area (Å²) in [6, 6.07) is 15.3. The molecule has 2 aromatic carbocycles. The van der Waals surface area contributed by atoms with Gasteiger partial charge in [-0.3, -0.25) is 14.4 Å². The first-order chi connectivity index (χ1) is 15.8. The van der Waals surface area contributed by atoms with Crippen molar-refractivity contribution in [1.82, 2.24) is 16.0 Å². The van der Waals surface area contributed by atoms with Gasteiger partial charge in [-0.1, -0.05) is 62.4 Å². The molecule has 33 heavy (non-hydrogen) atoms. The number of hydrogen-bond acceptors (Lipinski definition) is 5. The second kappa shape index (κ2) is 13.1. The van der Waals surface area contributed by atoms with Crippen LogP contribution in [0.3, 0.4) is 0 Å². The molecule has 0 aliphatic rings. The Morgan fingerprint density at radius 1 is 0.848 bits per heavy atom. The lowest BCUT2D eigenvalue weighted by Gasteiger charge is -2.23. The number of carbonyl (C=O) groups excluding carboxylic acids is 4. The summed E-state index contributed by atoms with van der Waals surface area (Å²) in [7, 11) is 0. The summed E-state index contributed by atoms with van der Waals surface area (Å²) in [5, 5.41) is 7.86. The van der Waals surface area contributed by atoms with E-state index in [1.807, 2.05) is 44.2 Å². The van der Waals surface area contributed by atoms with Crippen molar-refractivity contribution in [2.45, 2.75) is 45.5 Å². The fourth-order valence-electron chi connectivity index (χ4n) is 2.91. The SMILES string of the molecule is CC(NC(=O)C(COCc1ccccc1)NC(=O)c1ccccc1)C(=O)NC(C=O)C(C)C. The molecular weight excluding hydrogens is 422 g/mol. The lowest BCUT2D eigenvalue weighted by Crippen LogP contribution is -2.55. The third-order valence-electron chi connectivity index (χ3n) is 4.98. The zero-order valence-electron chi connectivity index (χ0n) is 19.1. The van der Waals surface area contributed by atoms with E-state index in [4.69, 9.17) is 4.74 Å². The van der Waals surface area contributed by atoms with Crippen molar-refractivity contribution < 1.29 is 23.9 Å². The largest absolute Gasteiger partial charge is 0.374 e. The number of benzene rings is 2. The quantitative estimate of drug-likeness (QED) is 0.425. The zero-order chi connectivity index (χ0) is 24.2. The Labute approximate surface area is 194 Å². The number of aldehydes is 1.